The lowest BCUT2D eigenvalue weighted by atomic mass is 11.0. The van der Waals surface area contributed by atoms with Gasteiger partial charge in [0.05, 0.1) is 7.11 Å². The first-order chi connectivity index (χ1) is 4.62. The van der Waals surface area contributed by atoms with Gasteiger partial charge in [0.15, 0.2) is 0 Å². The van der Waals surface area contributed by atoms with E-state index in [1.807, 2.05) is 0 Å². The topological polar surface area (TPSA) is 35.5 Å². The highest BCUT2D eigenvalue weighted by Crippen LogP contribution is 2.41. The number of hydrogen-bond donors (Lipinski definition) is 0. The maximum Gasteiger partial charge on any atom is 0.200 e. The van der Waals surface area contributed by atoms with Gasteiger partial charge < -0.3 is 8.71 Å². The van der Waals surface area contributed by atoms with E-state index in [0.717, 1.165) is 5.75 Å². The van der Waals surface area contributed by atoms with E-state index in [1.165, 1.54) is 19.2 Å². The Hall–Kier alpha value is 0.500. The molecule has 0 fully saturated rings. The Labute approximate surface area is 66.1 Å². The van der Waals surface area contributed by atoms with Crippen LogP contribution in [0.3, 0.4) is 0 Å². The molecule has 1 atom stereocenters. The molecule has 1 unspecified atom stereocenters. The summed E-state index contributed by atoms with van der Waals surface area (Å²) in [4.78, 5) is 0. The molecular formula is C5H13O3PS. The van der Waals surface area contributed by atoms with Gasteiger partial charge in [0, 0.05) is 25.7 Å². The molecule has 0 saturated carbocycles. The predicted molar refractivity (Wildman–Crippen MR) is 44.9 cm³/mol. The molecule has 0 saturated heterocycles. The predicted octanol–water partition coefficient (Wildman–Crippen LogP) is 1.84. The zero-order valence-corrected chi connectivity index (χ0v) is 8.21. The van der Waals surface area contributed by atoms with Crippen LogP contribution in [0.5, 0.6) is 0 Å². The second-order valence-corrected chi connectivity index (χ2v) is 5.73. The Morgan fingerprint density at radius 3 is 2.50 bits per heavy atom. The molecule has 10 heavy (non-hydrogen) atoms. The molecule has 3 nitrogen and oxygen atoms in total. The van der Waals surface area contributed by atoms with Gasteiger partial charge in [0.25, 0.3) is 0 Å². The molecular weight excluding hydrogens is 171 g/mol. The molecule has 0 aromatic carbocycles. The molecule has 62 valence electrons. The Kier molecular flexibility index (Phi) is 5.45. The third-order valence-corrected chi connectivity index (χ3v) is 3.80. The molecule has 0 N–H and O–H groups in total. The lowest BCUT2D eigenvalue weighted by molar-refractivity contribution is 0.400. The molecule has 0 radical (unpaired) electrons. The maximum atomic E-state index is 11.2. The van der Waals surface area contributed by atoms with E-state index < -0.39 is 7.37 Å². The molecule has 5 heteroatoms. The van der Waals surface area contributed by atoms with Gasteiger partial charge >= 0.3 is 0 Å². The SMILES string of the molecule is COSCCP(C)(=O)OC. The van der Waals surface area contributed by atoms with Crippen LogP contribution in [-0.4, -0.2) is 32.8 Å². The lowest BCUT2D eigenvalue weighted by Gasteiger charge is -2.08. The summed E-state index contributed by atoms with van der Waals surface area (Å²) in [6, 6.07) is 0. The molecule has 0 spiro atoms. The van der Waals surface area contributed by atoms with Crippen molar-refractivity contribution in [3.63, 3.8) is 0 Å². The average molecular weight is 184 g/mol. The molecule has 0 aliphatic carbocycles. The minimum Gasteiger partial charge on any atom is -0.332 e. The Morgan fingerprint density at radius 2 is 2.10 bits per heavy atom. The van der Waals surface area contributed by atoms with E-state index in [0.29, 0.717) is 6.16 Å². The Morgan fingerprint density at radius 1 is 1.50 bits per heavy atom. The normalized spacial score (nSPS) is 16.7. The van der Waals surface area contributed by atoms with E-state index in [9.17, 15) is 4.57 Å². The third kappa shape index (κ3) is 5.30. The summed E-state index contributed by atoms with van der Waals surface area (Å²) in [5.74, 6) is 0.720. The first kappa shape index (κ1) is 10.5. The summed E-state index contributed by atoms with van der Waals surface area (Å²) in [7, 11) is 0.762. The fraction of sp³-hybridized carbons (Fsp3) is 1.00. The van der Waals surface area contributed by atoms with Crippen molar-refractivity contribution in [1.29, 1.82) is 0 Å². The summed E-state index contributed by atoms with van der Waals surface area (Å²) in [6.07, 6.45) is 0.571. The van der Waals surface area contributed by atoms with Crippen LogP contribution in [0.4, 0.5) is 0 Å². The van der Waals surface area contributed by atoms with Crippen molar-refractivity contribution in [3.05, 3.63) is 0 Å². The molecule has 0 aliphatic heterocycles. The molecule has 0 rings (SSSR count). The summed E-state index contributed by atoms with van der Waals surface area (Å²) >= 11 is 1.30. The highest BCUT2D eigenvalue weighted by atomic mass is 32.2. The zero-order chi connectivity index (χ0) is 8.04. The van der Waals surface area contributed by atoms with Crippen LogP contribution in [0, 0.1) is 0 Å². The van der Waals surface area contributed by atoms with E-state index in [4.69, 9.17) is 8.71 Å². The highest BCUT2D eigenvalue weighted by Gasteiger charge is 2.12. The van der Waals surface area contributed by atoms with Gasteiger partial charge in [-0.1, -0.05) is 0 Å². The fourth-order valence-electron chi connectivity index (χ4n) is 0.378. The monoisotopic (exact) mass is 184 g/mol. The van der Waals surface area contributed by atoms with E-state index in [2.05, 4.69) is 0 Å². The fourth-order valence-corrected chi connectivity index (χ4v) is 2.35. The maximum absolute atomic E-state index is 11.2. The van der Waals surface area contributed by atoms with Crippen LogP contribution < -0.4 is 0 Å². The second-order valence-electron chi connectivity index (χ2n) is 1.91. The first-order valence-corrected chi connectivity index (χ1v) is 6.07. The molecule has 0 amide bonds. The van der Waals surface area contributed by atoms with Crippen molar-refractivity contribution in [2.24, 2.45) is 0 Å². The van der Waals surface area contributed by atoms with Crippen LogP contribution in [0.2, 0.25) is 0 Å². The van der Waals surface area contributed by atoms with Gasteiger partial charge in [0.2, 0.25) is 7.37 Å². The van der Waals surface area contributed by atoms with Gasteiger partial charge in [-0.05, 0) is 12.0 Å². The largest absolute Gasteiger partial charge is 0.332 e. The minimum absolute atomic E-state index is 0.571. The van der Waals surface area contributed by atoms with Crippen molar-refractivity contribution >= 4 is 19.4 Å². The number of hydrogen-bond acceptors (Lipinski definition) is 4. The highest BCUT2D eigenvalue weighted by molar-refractivity contribution is 7.95. The molecule has 0 aliphatic rings. The summed E-state index contributed by atoms with van der Waals surface area (Å²) < 4.78 is 20.7. The van der Waals surface area contributed by atoms with Crippen molar-refractivity contribution in [1.82, 2.24) is 0 Å². The van der Waals surface area contributed by atoms with Crippen LogP contribution in [0.25, 0.3) is 0 Å². The number of rotatable bonds is 5. The van der Waals surface area contributed by atoms with Crippen molar-refractivity contribution < 1.29 is 13.3 Å². The first-order valence-electron chi connectivity index (χ1n) is 2.90. The molecule has 0 heterocycles. The van der Waals surface area contributed by atoms with Gasteiger partial charge in [-0.2, -0.15) is 0 Å². The summed E-state index contributed by atoms with van der Waals surface area (Å²) in [5, 5.41) is 0. The summed E-state index contributed by atoms with van der Waals surface area (Å²) in [6.45, 7) is 1.63. The second kappa shape index (κ2) is 5.19. The lowest BCUT2D eigenvalue weighted by Crippen LogP contribution is -1.93. The summed E-state index contributed by atoms with van der Waals surface area (Å²) in [5.41, 5.74) is 0. The smallest absolute Gasteiger partial charge is 0.200 e. The van der Waals surface area contributed by atoms with Crippen molar-refractivity contribution in [3.8, 4) is 0 Å². The van der Waals surface area contributed by atoms with E-state index >= 15 is 0 Å². The quantitative estimate of drug-likeness (QED) is 0.371. The van der Waals surface area contributed by atoms with Gasteiger partial charge in [0.1, 0.15) is 0 Å². The standard InChI is InChI=1S/C5H13O3PS/c1-7-9(3,6)4-5-10-8-2/h4-5H2,1-3H3. The van der Waals surface area contributed by atoms with E-state index in [1.54, 1.807) is 13.8 Å². The Bertz CT molecular complexity index is 128. The zero-order valence-electron chi connectivity index (χ0n) is 6.49. The van der Waals surface area contributed by atoms with Crippen molar-refractivity contribution in [2.75, 3.05) is 32.8 Å². The Balaban J connectivity index is 3.38. The van der Waals surface area contributed by atoms with Crippen LogP contribution in [-0.2, 0) is 13.3 Å². The average Bonchev–Trinajstić information content (AvgIpc) is 1.89. The molecule has 0 aromatic rings. The van der Waals surface area contributed by atoms with Crippen molar-refractivity contribution in [2.45, 2.75) is 0 Å². The molecule has 0 bridgehead atoms. The van der Waals surface area contributed by atoms with Crippen LogP contribution >= 0.6 is 19.4 Å². The van der Waals surface area contributed by atoms with Gasteiger partial charge in [-0.3, -0.25) is 4.57 Å². The van der Waals surface area contributed by atoms with Crippen LogP contribution in [0.15, 0.2) is 0 Å². The van der Waals surface area contributed by atoms with Crippen LogP contribution in [0.1, 0.15) is 0 Å². The molecule has 0 aromatic heterocycles. The van der Waals surface area contributed by atoms with E-state index in [-0.39, 0.29) is 0 Å². The van der Waals surface area contributed by atoms with Gasteiger partial charge in [-0.25, -0.2) is 0 Å². The third-order valence-electron chi connectivity index (χ3n) is 1.08. The minimum atomic E-state index is -2.30. The van der Waals surface area contributed by atoms with Gasteiger partial charge in [-0.15, -0.1) is 0 Å².